The van der Waals surface area contributed by atoms with Crippen LogP contribution in [0.25, 0.3) is 22.1 Å². The monoisotopic (exact) mass is 627 g/mol. The van der Waals surface area contributed by atoms with Crippen molar-refractivity contribution in [3.05, 3.63) is 48.0 Å². The zero-order valence-corrected chi connectivity index (χ0v) is 26.8. The largest absolute Gasteiger partial charge is 0.432 e. The first-order chi connectivity index (χ1) is 20.2. The number of fused-ring (bicyclic) bond motifs is 1. The van der Waals surface area contributed by atoms with Crippen LogP contribution in [-0.2, 0) is 26.3 Å². The van der Waals surface area contributed by atoms with E-state index in [1.54, 1.807) is 23.1 Å². The van der Waals surface area contributed by atoms with Gasteiger partial charge in [-0.05, 0) is 63.5 Å². The average Bonchev–Trinajstić information content (AvgIpc) is 3.33. The van der Waals surface area contributed by atoms with Crippen LogP contribution >= 0.6 is 0 Å². The molecular weight excluding hydrogens is 587 g/mol. The van der Waals surface area contributed by atoms with Gasteiger partial charge in [0, 0.05) is 35.0 Å². The maximum absolute atomic E-state index is 13.6. The molecule has 232 valence electrons. The number of sulfone groups is 1. The number of benzene rings is 2. The Hall–Kier alpha value is -2.76. The van der Waals surface area contributed by atoms with Crippen molar-refractivity contribution in [1.82, 2.24) is 14.6 Å². The van der Waals surface area contributed by atoms with E-state index in [2.05, 4.69) is 4.72 Å². The lowest BCUT2D eigenvalue weighted by Crippen LogP contribution is -2.60. The van der Waals surface area contributed by atoms with Crippen LogP contribution in [0.5, 0.6) is 0 Å². The van der Waals surface area contributed by atoms with E-state index < -0.39 is 25.4 Å². The van der Waals surface area contributed by atoms with Gasteiger partial charge in [-0.1, -0.05) is 56.4 Å². The highest BCUT2D eigenvalue weighted by atomic mass is 32.2. The predicted octanol–water partition coefficient (Wildman–Crippen LogP) is 5.35. The van der Waals surface area contributed by atoms with Crippen LogP contribution in [0.4, 0.5) is 0 Å². The van der Waals surface area contributed by atoms with Crippen LogP contribution in [0.1, 0.15) is 82.1 Å². The molecule has 1 aliphatic carbocycles. The highest BCUT2D eigenvalue weighted by Crippen LogP contribution is 2.43. The molecule has 3 fully saturated rings. The van der Waals surface area contributed by atoms with Crippen molar-refractivity contribution in [3.63, 3.8) is 0 Å². The van der Waals surface area contributed by atoms with Gasteiger partial charge >= 0.3 is 5.91 Å². The SMILES string of the molecule is CC(C)(C)NS(=O)(=O)c1ccc(-c2oc(C(=O)N3CC4(CCS(=O)(=O)CC4)C3)nc2CC2CCCCC2)c2ccccc12. The summed E-state index contributed by atoms with van der Waals surface area (Å²) in [6.07, 6.45) is 7.62. The zero-order chi connectivity index (χ0) is 30.6. The first kappa shape index (κ1) is 30.3. The van der Waals surface area contributed by atoms with E-state index in [4.69, 9.17) is 9.40 Å². The van der Waals surface area contributed by atoms with Crippen LogP contribution in [0.15, 0.2) is 45.7 Å². The first-order valence-corrected chi connectivity index (χ1v) is 18.6. The summed E-state index contributed by atoms with van der Waals surface area (Å²) in [6, 6.07) is 10.7. The summed E-state index contributed by atoms with van der Waals surface area (Å²) in [5, 5.41) is 1.28. The number of hydrogen-bond donors (Lipinski definition) is 1. The second-order valence-electron chi connectivity index (χ2n) is 13.8. The summed E-state index contributed by atoms with van der Waals surface area (Å²) >= 11 is 0. The minimum Gasteiger partial charge on any atom is -0.432 e. The van der Waals surface area contributed by atoms with Gasteiger partial charge in [0.05, 0.1) is 22.1 Å². The van der Waals surface area contributed by atoms with Crippen LogP contribution in [-0.4, -0.2) is 62.8 Å². The zero-order valence-electron chi connectivity index (χ0n) is 25.2. The maximum atomic E-state index is 13.6. The van der Waals surface area contributed by atoms with Crippen molar-refractivity contribution >= 4 is 36.5 Å². The van der Waals surface area contributed by atoms with E-state index >= 15 is 0 Å². The number of sulfonamides is 1. The normalized spacial score (nSPS) is 20.8. The lowest BCUT2D eigenvalue weighted by Gasteiger charge is -2.51. The molecule has 9 nitrogen and oxygen atoms in total. The molecular formula is C32H41N3O6S2. The van der Waals surface area contributed by atoms with Gasteiger partial charge in [0.1, 0.15) is 9.84 Å². The molecule has 2 saturated heterocycles. The number of aromatic nitrogens is 1. The lowest BCUT2D eigenvalue weighted by atomic mass is 9.75. The number of amides is 1. The summed E-state index contributed by atoms with van der Waals surface area (Å²) in [7, 11) is -6.79. The minimum atomic E-state index is -3.81. The number of oxazole rings is 1. The van der Waals surface area contributed by atoms with Gasteiger partial charge in [0.25, 0.3) is 5.89 Å². The Labute approximate surface area is 254 Å². The molecule has 2 aliphatic heterocycles. The van der Waals surface area contributed by atoms with Gasteiger partial charge in [0.2, 0.25) is 10.0 Å². The summed E-state index contributed by atoms with van der Waals surface area (Å²) in [4.78, 5) is 20.3. The summed E-state index contributed by atoms with van der Waals surface area (Å²) < 4.78 is 59.7. The van der Waals surface area contributed by atoms with Crippen molar-refractivity contribution in [2.45, 2.75) is 82.6 Å². The van der Waals surface area contributed by atoms with E-state index in [9.17, 15) is 21.6 Å². The molecule has 0 bridgehead atoms. The van der Waals surface area contributed by atoms with Gasteiger partial charge in [-0.3, -0.25) is 4.79 Å². The summed E-state index contributed by atoms with van der Waals surface area (Å²) in [6.45, 7) is 6.44. The van der Waals surface area contributed by atoms with Crippen molar-refractivity contribution in [1.29, 1.82) is 0 Å². The second kappa shape index (κ2) is 11.0. The molecule has 0 unspecified atom stereocenters. The first-order valence-electron chi connectivity index (χ1n) is 15.3. The van der Waals surface area contributed by atoms with Gasteiger partial charge in [0.15, 0.2) is 5.76 Å². The van der Waals surface area contributed by atoms with E-state index in [0.717, 1.165) is 18.5 Å². The highest BCUT2D eigenvalue weighted by Gasteiger charge is 2.49. The number of nitrogens with one attached hydrogen (secondary N) is 1. The highest BCUT2D eigenvalue weighted by molar-refractivity contribution is 7.91. The van der Waals surface area contributed by atoms with Gasteiger partial charge in [-0.25, -0.2) is 26.5 Å². The van der Waals surface area contributed by atoms with Crippen LogP contribution in [0.3, 0.4) is 0 Å². The number of carbonyl (C=O) groups excluding carboxylic acids is 1. The second-order valence-corrected chi connectivity index (χ2v) is 17.8. The molecule has 2 aromatic carbocycles. The molecule has 0 radical (unpaired) electrons. The maximum Gasteiger partial charge on any atom is 0.309 e. The Morgan fingerprint density at radius 2 is 1.67 bits per heavy atom. The smallest absolute Gasteiger partial charge is 0.309 e. The fraction of sp³-hybridized carbons (Fsp3) is 0.562. The molecule has 43 heavy (non-hydrogen) atoms. The molecule has 11 heteroatoms. The van der Waals surface area contributed by atoms with E-state index in [1.165, 1.54) is 19.3 Å². The summed E-state index contributed by atoms with van der Waals surface area (Å²) in [5.41, 5.74) is 0.649. The molecule has 1 N–H and O–H groups in total. The van der Waals surface area contributed by atoms with Gasteiger partial charge in [-0.15, -0.1) is 0 Å². The minimum absolute atomic E-state index is 0.0364. The number of hydrogen-bond acceptors (Lipinski definition) is 7. The molecule has 3 aliphatic rings. The Balaban J connectivity index is 1.36. The Kier molecular flexibility index (Phi) is 7.74. The van der Waals surface area contributed by atoms with E-state index in [-0.39, 0.29) is 33.6 Å². The Morgan fingerprint density at radius 1 is 1.02 bits per heavy atom. The van der Waals surface area contributed by atoms with Crippen molar-refractivity contribution < 1.29 is 26.0 Å². The van der Waals surface area contributed by atoms with Crippen LogP contribution in [0.2, 0.25) is 0 Å². The standard InChI is InChI=1S/C32H41N3O6S2/c1-31(2,3)34-43(39,40)27-14-13-25(23-11-7-8-12-24(23)27)28-26(19-22-9-5-4-6-10-22)33-29(41-28)30(36)35-20-32(21-35)15-17-42(37,38)18-16-32/h7-8,11-14,22,34H,4-6,9-10,15-21H2,1-3H3. The third-order valence-corrected chi connectivity index (χ3v) is 12.6. The summed E-state index contributed by atoms with van der Waals surface area (Å²) in [5.74, 6) is 1.06. The molecule has 1 aromatic heterocycles. The van der Waals surface area contributed by atoms with Crippen molar-refractivity contribution in [2.24, 2.45) is 11.3 Å². The Morgan fingerprint density at radius 3 is 2.33 bits per heavy atom. The quantitative estimate of drug-likeness (QED) is 0.391. The van der Waals surface area contributed by atoms with Gasteiger partial charge < -0.3 is 9.32 Å². The van der Waals surface area contributed by atoms with Crippen LogP contribution in [0, 0.1) is 11.3 Å². The predicted molar refractivity (Wildman–Crippen MR) is 166 cm³/mol. The molecule has 3 aromatic rings. The van der Waals surface area contributed by atoms with E-state index in [0.29, 0.717) is 60.4 Å². The van der Waals surface area contributed by atoms with Crippen LogP contribution < -0.4 is 4.72 Å². The molecule has 6 rings (SSSR count). The number of likely N-dealkylation sites (tertiary alicyclic amines) is 1. The van der Waals surface area contributed by atoms with Crippen molar-refractivity contribution in [2.75, 3.05) is 24.6 Å². The number of carbonyl (C=O) groups is 1. The fourth-order valence-electron chi connectivity index (χ4n) is 6.95. The molecule has 0 atom stereocenters. The third-order valence-electron chi connectivity index (χ3n) is 9.17. The molecule has 1 spiro atoms. The van der Waals surface area contributed by atoms with Gasteiger partial charge in [-0.2, -0.15) is 0 Å². The van der Waals surface area contributed by atoms with E-state index in [1.807, 2.05) is 39.0 Å². The third kappa shape index (κ3) is 6.26. The molecule has 3 heterocycles. The number of nitrogens with zero attached hydrogens (tertiary/aromatic N) is 2. The topological polar surface area (TPSA) is 127 Å². The Bertz CT molecular complexity index is 1740. The molecule has 1 saturated carbocycles. The molecule has 1 amide bonds. The number of rotatable bonds is 6. The average molecular weight is 628 g/mol. The fourth-order valence-corrected chi connectivity index (χ4v) is 10.3. The lowest BCUT2D eigenvalue weighted by molar-refractivity contribution is -0.00234. The van der Waals surface area contributed by atoms with Crippen molar-refractivity contribution in [3.8, 4) is 11.3 Å².